The molecule has 0 amide bonds. The van der Waals surface area contributed by atoms with Crippen LogP contribution in [0.25, 0.3) is 17.0 Å². The minimum Gasteiger partial charge on any atom is -0.355 e. The number of aromatic amines is 1. The molecule has 16 heavy (non-hydrogen) atoms. The van der Waals surface area contributed by atoms with Gasteiger partial charge in [-0.05, 0) is 34.4 Å². The van der Waals surface area contributed by atoms with Crippen molar-refractivity contribution >= 4 is 28.3 Å². The van der Waals surface area contributed by atoms with Crippen LogP contribution in [-0.4, -0.2) is 4.98 Å². The molecule has 1 nitrogen and oxygen atoms in total. The van der Waals surface area contributed by atoms with Gasteiger partial charge in [-0.1, -0.05) is 36.9 Å². The van der Waals surface area contributed by atoms with E-state index in [4.69, 9.17) is 0 Å². The van der Waals surface area contributed by atoms with Crippen LogP contribution in [0.1, 0.15) is 5.69 Å². The summed E-state index contributed by atoms with van der Waals surface area (Å²) < 4.78 is 0. The maximum Gasteiger partial charge on any atom is 0.0458 e. The van der Waals surface area contributed by atoms with Crippen LogP contribution < -0.4 is 0 Å². The number of para-hydroxylation sites is 1. The van der Waals surface area contributed by atoms with Gasteiger partial charge in [0.25, 0.3) is 0 Å². The van der Waals surface area contributed by atoms with Crippen molar-refractivity contribution < 1.29 is 0 Å². The molecule has 0 atom stereocenters. The number of H-pyrrole nitrogens is 1. The molecule has 2 heteroatoms. The van der Waals surface area contributed by atoms with E-state index in [2.05, 4.69) is 29.8 Å². The number of hydrogen-bond acceptors (Lipinski definition) is 1. The van der Waals surface area contributed by atoms with Gasteiger partial charge in [-0.2, -0.15) is 11.3 Å². The quantitative estimate of drug-likeness (QED) is 0.627. The van der Waals surface area contributed by atoms with Crippen molar-refractivity contribution in [1.29, 1.82) is 0 Å². The van der Waals surface area contributed by atoms with Gasteiger partial charge in [0.05, 0.1) is 0 Å². The minimum atomic E-state index is 1.08. The number of rotatable bonds is 1. The molecule has 3 rings (SSSR count). The Hall–Kier alpha value is -1.80. The molecule has 3 aromatic rings. The second-order valence-electron chi connectivity index (χ2n) is 3.31. The molecule has 2 aromatic heterocycles. The van der Waals surface area contributed by atoms with E-state index in [0.717, 1.165) is 5.69 Å². The summed E-state index contributed by atoms with van der Waals surface area (Å²) in [6.45, 7) is 3.69. The lowest BCUT2D eigenvalue weighted by Crippen LogP contribution is -1.65. The maximum atomic E-state index is 3.69. The van der Waals surface area contributed by atoms with Gasteiger partial charge in [0.2, 0.25) is 0 Å². The summed E-state index contributed by atoms with van der Waals surface area (Å²) in [4.78, 5) is 3.23. The summed E-state index contributed by atoms with van der Waals surface area (Å²) in [6.07, 6.45) is 1.82. The Balaban J connectivity index is 0.000000162. The summed E-state index contributed by atoms with van der Waals surface area (Å²) >= 11 is 1.71. The predicted octanol–water partition coefficient (Wildman–Crippen LogP) is 4.56. The minimum absolute atomic E-state index is 1.08. The molecule has 0 saturated heterocycles. The van der Waals surface area contributed by atoms with E-state index in [1.165, 1.54) is 10.9 Å². The standard InChI is InChI=1S/C10H9N.C4H4S/c1-2-9-7-8-5-3-4-6-10(8)11-9;1-2-4-5-3-1/h2-7,11H,1H2;1-4H. The number of nitrogens with one attached hydrogen (secondary N) is 1. The van der Waals surface area contributed by atoms with Gasteiger partial charge >= 0.3 is 0 Å². The van der Waals surface area contributed by atoms with Crippen LogP contribution in [0, 0.1) is 0 Å². The first kappa shape index (κ1) is 10.7. The highest BCUT2D eigenvalue weighted by atomic mass is 32.1. The Labute approximate surface area is 99.1 Å². The summed E-state index contributed by atoms with van der Waals surface area (Å²) in [5.74, 6) is 0. The molecule has 1 N–H and O–H groups in total. The largest absolute Gasteiger partial charge is 0.355 e. The highest BCUT2D eigenvalue weighted by Crippen LogP contribution is 2.14. The number of fused-ring (bicyclic) bond motifs is 1. The third kappa shape index (κ3) is 2.61. The Morgan fingerprint density at radius 2 is 1.81 bits per heavy atom. The third-order valence-electron chi connectivity index (χ3n) is 2.20. The maximum absolute atomic E-state index is 3.69. The first-order chi connectivity index (χ1) is 7.90. The van der Waals surface area contributed by atoms with E-state index in [-0.39, 0.29) is 0 Å². The predicted molar refractivity (Wildman–Crippen MR) is 72.7 cm³/mol. The zero-order chi connectivity index (χ0) is 11.2. The molecule has 2 heterocycles. The fourth-order valence-electron chi connectivity index (χ4n) is 1.43. The second-order valence-corrected chi connectivity index (χ2v) is 4.13. The van der Waals surface area contributed by atoms with E-state index in [1.807, 2.05) is 41.1 Å². The van der Waals surface area contributed by atoms with Crippen molar-refractivity contribution in [3.05, 3.63) is 65.5 Å². The van der Waals surface area contributed by atoms with Gasteiger partial charge in [0.15, 0.2) is 0 Å². The molecule has 0 aliphatic rings. The van der Waals surface area contributed by atoms with Crippen molar-refractivity contribution in [2.45, 2.75) is 0 Å². The smallest absolute Gasteiger partial charge is 0.0458 e. The van der Waals surface area contributed by atoms with Gasteiger partial charge < -0.3 is 4.98 Å². The van der Waals surface area contributed by atoms with Crippen LogP contribution >= 0.6 is 11.3 Å². The lowest BCUT2D eigenvalue weighted by Gasteiger charge is -1.83. The topological polar surface area (TPSA) is 15.8 Å². The third-order valence-corrected chi connectivity index (χ3v) is 2.82. The molecule has 1 aromatic carbocycles. The molecular formula is C14H13NS. The molecule has 0 aliphatic carbocycles. The molecular weight excluding hydrogens is 214 g/mol. The fourth-order valence-corrected chi connectivity index (χ4v) is 1.89. The van der Waals surface area contributed by atoms with Crippen molar-refractivity contribution in [2.75, 3.05) is 0 Å². The molecule has 0 unspecified atom stereocenters. The molecule has 0 saturated carbocycles. The zero-order valence-electron chi connectivity index (χ0n) is 8.89. The van der Waals surface area contributed by atoms with Crippen LogP contribution in [0.4, 0.5) is 0 Å². The van der Waals surface area contributed by atoms with Gasteiger partial charge in [-0.3, -0.25) is 0 Å². The van der Waals surface area contributed by atoms with Crippen molar-refractivity contribution in [1.82, 2.24) is 4.98 Å². The lowest BCUT2D eigenvalue weighted by atomic mass is 10.2. The number of aromatic nitrogens is 1. The van der Waals surface area contributed by atoms with E-state index >= 15 is 0 Å². The summed E-state index contributed by atoms with van der Waals surface area (Å²) in [5.41, 5.74) is 2.24. The van der Waals surface area contributed by atoms with Gasteiger partial charge in [0.1, 0.15) is 0 Å². The van der Waals surface area contributed by atoms with Crippen LogP contribution in [0.5, 0.6) is 0 Å². The van der Waals surface area contributed by atoms with Gasteiger partial charge in [-0.25, -0.2) is 0 Å². The lowest BCUT2D eigenvalue weighted by molar-refractivity contribution is 1.43. The molecule has 0 aliphatic heterocycles. The van der Waals surface area contributed by atoms with Crippen molar-refractivity contribution in [3.63, 3.8) is 0 Å². The SMILES string of the molecule is C=Cc1cc2ccccc2[nH]1.c1ccsc1. The zero-order valence-corrected chi connectivity index (χ0v) is 9.71. The second kappa shape index (κ2) is 5.33. The summed E-state index contributed by atoms with van der Waals surface area (Å²) in [5, 5.41) is 5.32. The number of thiophene rings is 1. The van der Waals surface area contributed by atoms with Crippen LogP contribution in [0.3, 0.4) is 0 Å². The highest BCUT2D eigenvalue weighted by Gasteiger charge is 1.93. The Morgan fingerprint density at radius 1 is 1.06 bits per heavy atom. The average Bonchev–Trinajstić information content (AvgIpc) is 3.01. The molecule has 0 radical (unpaired) electrons. The first-order valence-corrected chi connectivity index (χ1v) is 6.02. The monoisotopic (exact) mass is 227 g/mol. The van der Waals surface area contributed by atoms with E-state index in [0.29, 0.717) is 0 Å². The van der Waals surface area contributed by atoms with E-state index < -0.39 is 0 Å². The highest BCUT2D eigenvalue weighted by molar-refractivity contribution is 7.07. The molecule has 0 fully saturated rings. The molecule has 0 bridgehead atoms. The van der Waals surface area contributed by atoms with Gasteiger partial charge in [0, 0.05) is 11.2 Å². The van der Waals surface area contributed by atoms with Crippen LogP contribution in [0.2, 0.25) is 0 Å². The summed E-state index contributed by atoms with van der Waals surface area (Å²) in [7, 11) is 0. The van der Waals surface area contributed by atoms with Crippen LogP contribution in [-0.2, 0) is 0 Å². The number of hydrogen-bond donors (Lipinski definition) is 1. The normalized spacial score (nSPS) is 9.50. The Morgan fingerprint density at radius 3 is 2.38 bits per heavy atom. The average molecular weight is 227 g/mol. The Kier molecular flexibility index (Phi) is 3.57. The van der Waals surface area contributed by atoms with Crippen molar-refractivity contribution in [2.24, 2.45) is 0 Å². The molecule has 0 spiro atoms. The molecule has 80 valence electrons. The van der Waals surface area contributed by atoms with E-state index in [9.17, 15) is 0 Å². The summed E-state index contributed by atoms with van der Waals surface area (Å²) in [6, 6.07) is 14.3. The van der Waals surface area contributed by atoms with Crippen molar-refractivity contribution in [3.8, 4) is 0 Å². The number of benzene rings is 1. The fraction of sp³-hybridized carbons (Fsp3) is 0. The van der Waals surface area contributed by atoms with Gasteiger partial charge in [-0.15, -0.1) is 0 Å². The Bertz CT molecular complexity index is 499. The van der Waals surface area contributed by atoms with Crippen LogP contribution in [0.15, 0.2) is 59.8 Å². The van der Waals surface area contributed by atoms with E-state index in [1.54, 1.807) is 11.3 Å². The first-order valence-electron chi connectivity index (χ1n) is 5.07.